The number of fused-ring (bicyclic) bond motifs is 1. The molecule has 0 aliphatic carbocycles. The Labute approximate surface area is 111 Å². The second-order valence-corrected chi connectivity index (χ2v) is 5.90. The summed E-state index contributed by atoms with van der Waals surface area (Å²) in [6, 6.07) is 6.31. The van der Waals surface area contributed by atoms with E-state index in [1.54, 1.807) is 11.3 Å². The number of aryl methyl sites for hydroxylation is 1. The molecule has 1 aromatic heterocycles. The molecule has 2 aromatic rings. The largest absolute Gasteiger partial charge is 0.493 e. The minimum atomic E-state index is 0.000195. The van der Waals surface area contributed by atoms with Gasteiger partial charge in [-0.05, 0) is 37.6 Å². The van der Waals surface area contributed by atoms with Crippen LogP contribution in [0.5, 0.6) is 5.75 Å². The molecule has 0 saturated carbocycles. The fourth-order valence-corrected chi connectivity index (χ4v) is 3.11. The minimum Gasteiger partial charge on any atom is -0.493 e. The van der Waals surface area contributed by atoms with E-state index in [9.17, 15) is 0 Å². The summed E-state index contributed by atoms with van der Waals surface area (Å²) in [4.78, 5) is 5.88. The van der Waals surface area contributed by atoms with Crippen molar-refractivity contribution in [1.82, 2.24) is 4.98 Å². The van der Waals surface area contributed by atoms with E-state index in [0.717, 1.165) is 29.5 Å². The van der Waals surface area contributed by atoms with E-state index in [0.29, 0.717) is 0 Å². The van der Waals surface area contributed by atoms with Crippen LogP contribution in [-0.4, -0.2) is 11.6 Å². The van der Waals surface area contributed by atoms with Crippen molar-refractivity contribution < 1.29 is 4.74 Å². The first-order valence-electron chi connectivity index (χ1n) is 6.14. The van der Waals surface area contributed by atoms with Crippen LogP contribution in [0, 0.1) is 6.92 Å². The normalized spacial score (nSPS) is 15.3. The summed E-state index contributed by atoms with van der Waals surface area (Å²) >= 11 is 1.68. The second kappa shape index (κ2) is 4.37. The molecule has 1 atom stereocenters. The lowest BCUT2D eigenvalue weighted by Crippen LogP contribution is -2.03. The van der Waals surface area contributed by atoms with Crippen LogP contribution in [-0.2, 0) is 6.42 Å². The van der Waals surface area contributed by atoms with Crippen LogP contribution in [0.15, 0.2) is 18.2 Å². The first-order valence-corrected chi connectivity index (χ1v) is 6.96. The Hall–Kier alpha value is -1.39. The Morgan fingerprint density at radius 1 is 1.44 bits per heavy atom. The summed E-state index contributed by atoms with van der Waals surface area (Å²) in [5.74, 6) is 1.01. The van der Waals surface area contributed by atoms with Crippen molar-refractivity contribution in [2.24, 2.45) is 5.73 Å². The average molecular weight is 260 g/mol. The molecule has 1 unspecified atom stereocenters. The Morgan fingerprint density at radius 2 is 2.28 bits per heavy atom. The molecule has 2 N–H and O–H groups in total. The van der Waals surface area contributed by atoms with E-state index >= 15 is 0 Å². The Balaban J connectivity index is 2.04. The molecule has 0 spiro atoms. The van der Waals surface area contributed by atoms with Gasteiger partial charge in [0, 0.05) is 16.9 Å². The summed E-state index contributed by atoms with van der Waals surface area (Å²) in [5.41, 5.74) is 9.40. The molecule has 0 amide bonds. The van der Waals surface area contributed by atoms with Crippen LogP contribution in [0.4, 0.5) is 0 Å². The number of rotatable bonds is 2. The highest BCUT2D eigenvalue weighted by Gasteiger charge is 2.16. The number of ether oxygens (including phenoxy) is 1. The SMILES string of the molecule is Cc1sc(C(C)N)nc1-c1ccc2c(c1)CCO2. The minimum absolute atomic E-state index is 0.000195. The second-order valence-electron chi connectivity index (χ2n) is 4.67. The van der Waals surface area contributed by atoms with Crippen molar-refractivity contribution in [2.45, 2.75) is 26.3 Å². The van der Waals surface area contributed by atoms with Gasteiger partial charge >= 0.3 is 0 Å². The quantitative estimate of drug-likeness (QED) is 0.902. The van der Waals surface area contributed by atoms with Crippen LogP contribution >= 0.6 is 11.3 Å². The number of hydrogen-bond acceptors (Lipinski definition) is 4. The molecular formula is C14H16N2OS. The van der Waals surface area contributed by atoms with Gasteiger partial charge in [0.15, 0.2) is 0 Å². The smallest absolute Gasteiger partial charge is 0.122 e. The fourth-order valence-electron chi connectivity index (χ4n) is 2.21. The molecule has 0 fully saturated rings. The van der Waals surface area contributed by atoms with E-state index in [4.69, 9.17) is 10.5 Å². The van der Waals surface area contributed by atoms with Crippen LogP contribution in [0.3, 0.4) is 0 Å². The van der Waals surface area contributed by atoms with E-state index < -0.39 is 0 Å². The molecule has 3 rings (SSSR count). The summed E-state index contributed by atoms with van der Waals surface area (Å²) in [5, 5.41) is 0.999. The highest BCUT2D eigenvalue weighted by Crippen LogP contribution is 2.34. The van der Waals surface area contributed by atoms with E-state index in [1.807, 2.05) is 13.0 Å². The lowest BCUT2D eigenvalue weighted by molar-refractivity contribution is 0.357. The van der Waals surface area contributed by atoms with Gasteiger partial charge in [0.1, 0.15) is 10.8 Å². The maximum atomic E-state index is 5.89. The third-order valence-electron chi connectivity index (χ3n) is 3.17. The lowest BCUT2D eigenvalue weighted by Gasteiger charge is -2.03. The zero-order chi connectivity index (χ0) is 12.7. The first-order chi connectivity index (χ1) is 8.65. The number of hydrogen-bond donors (Lipinski definition) is 1. The number of benzene rings is 1. The molecule has 1 aliphatic rings. The van der Waals surface area contributed by atoms with Gasteiger partial charge < -0.3 is 10.5 Å². The maximum Gasteiger partial charge on any atom is 0.122 e. The molecule has 1 aromatic carbocycles. The molecule has 0 bridgehead atoms. The molecule has 18 heavy (non-hydrogen) atoms. The zero-order valence-corrected chi connectivity index (χ0v) is 11.4. The summed E-state index contributed by atoms with van der Waals surface area (Å²) in [7, 11) is 0. The highest BCUT2D eigenvalue weighted by atomic mass is 32.1. The van der Waals surface area contributed by atoms with Crippen molar-refractivity contribution >= 4 is 11.3 Å². The standard InChI is InChI=1S/C14H16N2OS/c1-8(15)14-16-13(9(2)18-14)11-3-4-12-10(7-11)5-6-17-12/h3-4,7-8H,5-6,15H2,1-2H3. The predicted molar refractivity (Wildman–Crippen MR) is 74.1 cm³/mol. The fraction of sp³-hybridized carbons (Fsp3) is 0.357. The van der Waals surface area contributed by atoms with Crippen molar-refractivity contribution in [3.05, 3.63) is 33.6 Å². The molecule has 4 heteroatoms. The summed E-state index contributed by atoms with van der Waals surface area (Å²) in [6.45, 7) is 4.86. The van der Waals surface area contributed by atoms with Gasteiger partial charge in [-0.2, -0.15) is 0 Å². The molecule has 3 nitrogen and oxygen atoms in total. The third-order valence-corrected chi connectivity index (χ3v) is 4.34. The predicted octanol–water partition coefficient (Wildman–Crippen LogP) is 3.07. The number of thiazole rings is 1. The van der Waals surface area contributed by atoms with Gasteiger partial charge in [-0.1, -0.05) is 0 Å². The van der Waals surface area contributed by atoms with Gasteiger partial charge in [-0.3, -0.25) is 0 Å². The van der Waals surface area contributed by atoms with Crippen molar-refractivity contribution in [3.63, 3.8) is 0 Å². The first kappa shape index (κ1) is 11.7. The summed E-state index contributed by atoms with van der Waals surface area (Å²) < 4.78 is 5.53. The van der Waals surface area contributed by atoms with E-state index in [1.165, 1.54) is 16.0 Å². The maximum absolute atomic E-state index is 5.89. The van der Waals surface area contributed by atoms with Crippen LogP contribution in [0.1, 0.15) is 28.4 Å². The highest BCUT2D eigenvalue weighted by molar-refractivity contribution is 7.12. The van der Waals surface area contributed by atoms with Gasteiger partial charge in [0.25, 0.3) is 0 Å². The van der Waals surface area contributed by atoms with E-state index in [2.05, 4.69) is 24.0 Å². The molecule has 0 saturated heterocycles. The Kier molecular flexibility index (Phi) is 2.84. The van der Waals surface area contributed by atoms with Gasteiger partial charge in [-0.25, -0.2) is 4.98 Å². The zero-order valence-electron chi connectivity index (χ0n) is 10.6. The Morgan fingerprint density at radius 3 is 3.00 bits per heavy atom. The number of nitrogens with two attached hydrogens (primary N) is 1. The van der Waals surface area contributed by atoms with Crippen LogP contribution in [0.2, 0.25) is 0 Å². The van der Waals surface area contributed by atoms with Crippen LogP contribution < -0.4 is 10.5 Å². The Bertz CT molecular complexity index is 589. The van der Waals surface area contributed by atoms with Crippen molar-refractivity contribution in [1.29, 1.82) is 0 Å². The van der Waals surface area contributed by atoms with E-state index in [-0.39, 0.29) is 6.04 Å². The average Bonchev–Trinajstić information content (AvgIpc) is 2.93. The molecular weight excluding hydrogens is 244 g/mol. The molecule has 94 valence electrons. The number of nitrogens with zero attached hydrogens (tertiary/aromatic N) is 1. The van der Waals surface area contributed by atoms with Gasteiger partial charge in [0.2, 0.25) is 0 Å². The monoisotopic (exact) mass is 260 g/mol. The van der Waals surface area contributed by atoms with Crippen LogP contribution in [0.25, 0.3) is 11.3 Å². The summed E-state index contributed by atoms with van der Waals surface area (Å²) in [6.07, 6.45) is 0.993. The van der Waals surface area contributed by atoms with Gasteiger partial charge in [0.05, 0.1) is 18.3 Å². The number of aromatic nitrogens is 1. The van der Waals surface area contributed by atoms with Crippen molar-refractivity contribution in [3.8, 4) is 17.0 Å². The topological polar surface area (TPSA) is 48.1 Å². The van der Waals surface area contributed by atoms with Crippen molar-refractivity contribution in [2.75, 3.05) is 6.61 Å². The molecule has 2 heterocycles. The molecule has 0 radical (unpaired) electrons. The lowest BCUT2D eigenvalue weighted by atomic mass is 10.1. The van der Waals surface area contributed by atoms with Gasteiger partial charge in [-0.15, -0.1) is 11.3 Å². The molecule has 1 aliphatic heterocycles. The third kappa shape index (κ3) is 1.91.